The maximum atomic E-state index is 12.2. The van der Waals surface area contributed by atoms with Gasteiger partial charge in [0.05, 0.1) is 26.0 Å². The molecule has 0 bridgehead atoms. The maximum Gasteiger partial charge on any atom is 0.179 e. The molecule has 0 heterocycles. The van der Waals surface area contributed by atoms with Gasteiger partial charge in [0.1, 0.15) is 21.3 Å². The summed E-state index contributed by atoms with van der Waals surface area (Å²) in [7, 11) is -0.185. The van der Waals surface area contributed by atoms with E-state index in [1.807, 2.05) is 0 Å². The van der Waals surface area contributed by atoms with Crippen molar-refractivity contribution in [1.29, 1.82) is 0 Å². The predicted octanol–water partition coefficient (Wildman–Crippen LogP) is 0.649. The standard InChI is InChI=1S/C13H19NO5S/c1-18-10-6-9(7-11(8-10)19-2)13(15)12(14)4-5-20(3,16)17/h6-8,12H,4-5,14H2,1-3H3. The van der Waals surface area contributed by atoms with Crippen molar-refractivity contribution >= 4 is 15.6 Å². The van der Waals surface area contributed by atoms with Gasteiger partial charge in [0, 0.05) is 17.9 Å². The monoisotopic (exact) mass is 301 g/mol. The van der Waals surface area contributed by atoms with Gasteiger partial charge in [-0.25, -0.2) is 8.42 Å². The summed E-state index contributed by atoms with van der Waals surface area (Å²) in [6.45, 7) is 0. The van der Waals surface area contributed by atoms with Crippen LogP contribution in [0.25, 0.3) is 0 Å². The second-order valence-electron chi connectivity index (χ2n) is 4.49. The first-order valence-corrected chi connectivity index (χ1v) is 8.03. The van der Waals surface area contributed by atoms with Crippen LogP contribution in [0.5, 0.6) is 11.5 Å². The number of hydrogen-bond acceptors (Lipinski definition) is 6. The van der Waals surface area contributed by atoms with Gasteiger partial charge in [-0.15, -0.1) is 0 Å². The zero-order valence-corrected chi connectivity index (χ0v) is 12.6. The van der Waals surface area contributed by atoms with Crippen molar-refractivity contribution in [3.63, 3.8) is 0 Å². The van der Waals surface area contributed by atoms with Crippen molar-refractivity contribution < 1.29 is 22.7 Å². The van der Waals surface area contributed by atoms with Gasteiger partial charge in [-0.2, -0.15) is 0 Å². The van der Waals surface area contributed by atoms with Gasteiger partial charge in [-0.3, -0.25) is 4.79 Å². The van der Waals surface area contributed by atoms with E-state index in [1.165, 1.54) is 14.2 Å². The molecule has 1 rings (SSSR count). The lowest BCUT2D eigenvalue weighted by Gasteiger charge is -2.12. The molecule has 1 aromatic rings. The van der Waals surface area contributed by atoms with Crippen LogP contribution in [0.15, 0.2) is 18.2 Å². The molecule has 0 saturated heterocycles. The fourth-order valence-corrected chi connectivity index (χ4v) is 2.32. The molecule has 20 heavy (non-hydrogen) atoms. The molecule has 0 fully saturated rings. The zero-order chi connectivity index (χ0) is 15.3. The van der Waals surface area contributed by atoms with Gasteiger partial charge in [0.25, 0.3) is 0 Å². The Labute approximate surface area is 118 Å². The molecule has 0 radical (unpaired) electrons. The van der Waals surface area contributed by atoms with Crippen LogP contribution in [0.4, 0.5) is 0 Å². The summed E-state index contributed by atoms with van der Waals surface area (Å²) in [4.78, 5) is 12.2. The minimum absolute atomic E-state index is 0.0805. The molecule has 0 spiro atoms. The topological polar surface area (TPSA) is 95.7 Å². The average Bonchev–Trinajstić information content (AvgIpc) is 2.42. The number of methoxy groups -OCH3 is 2. The summed E-state index contributed by atoms with van der Waals surface area (Å²) in [5.41, 5.74) is 6.08. The van der Waals surface area contributed by atoms with E-state index in [9.17, 15) is 13.2 Å². The molecule has 0 aromatic heterocycles. The van der Waals surface area contributed by atoms with Crippen LogP contribution < -0.4 is 15.2 Å². The predicted molar refractivity (Wildman–Crippen MR) is 76.2 cm³/mol. The van der Waals surface area contributed by atoms with Crippen LogP contribution in [-0.2, 0) is 9.84 Å². The molecule has 0 aliphatic heterocycles. The molecule has 7 heteroatoms. The highest BCUT2D eigenvalue weighted by molar-refractivity contribution is 7.90. The van der Waals surface area contributed by atoms with Crippen molar-refractivity contribution in [2.45, 2.75) is 12.5 Å². The van der Waals surface area contributed by atoms with Crippen molar-refractivity contribution in [2.75, 3.05) is 26.2 Å². The van der Waals surface area contributed by atoms with Gasteiger partial charge in [0.2, 0.25) is 0 Å². The molecule has 6 nitrogen and oxygen atoms in total. The lowest BCUT2D eigenvalue weighted by molar-refractivity contribution is 0.0959. The first-order chi connectivity index (χ1) is 9.26. The molecule has 2 N–H and O–H groups in total. The molecular formula is C13H19NO5S. The number of ether oxygens (including phenoxy) is 2. The molecule has 1 atom stereocenters. The minimum atomic E-state index is -3.14. The molecule has 0 amide bonds. The minimum Gasteiger partial charge on any atom is -0.497 e. The quantitative estimate of drug-likeness (QED) is 0.743. The Morgan fingerprint density at radius 3 is 2.10 bits per heavy atom. The van der Waals surface area contributed by atoms with Gasteiger partial charge in [-0.05, 0) is 18.6 Å². The van der Waals surface area contributed by atoms with Gasteiger partial charge < -0.3 is 15.2 Å². The van der Waals surface area contributed by atoms with Crippen LogP contribution in [0.3, 0.4) is 0 Å². The number of benzene rings is 1. The number of ketones is 1. The van der Waals surface area contributed by atoms with Crippen molar-refractivity contribution in [2.24, 2.45) is 5.73 Å². The number of nitrogens with two attached hydrogens (primary N) is 1. The fraction of sp³-hybridized carbons (Fsp3) is 0.462. The highest BCUT2D eigenvalue weighted by atomic mass is 32.2. The third kappa shape index (κ3) is 4.82. The summed E-state index contributed by atoms with van der Waals surface area (Å²) in [6.07, 6.45) is 1.19. The number of carbonyl (C=O) groups excluding carboxylic acids is 1. The van der Waals surface area contributed by atoms with Crippen LogP contribution in [-0.4, -0.2) is 46.5 Å². The number of hydrogen-bond donors (Lipinski definition) is 1. The third-order valence-electron chi connectivity index (χ3n) is 2.77. The Kier molecular flexibility index (Phi) is 5.52. The first kappa shape index (κ1) is 16.5. The second-order valence-corrected chi connectivity index (χ2v) is 6.75. The van der Waals surface area contributed by atoms with Gasteiger partial charge in [0.15, 0.2) is 5.78 Å². The lowest BCUT2D eigenvalue weighted by atomic mass is 10.0. The Hall–Kier alpha value is -1.60. The molecule has 0 aliphatic carbocycles. The van der Waals surface area contributed by atoms with Crippen molar-refractivity contribution in [3.05, 3.63) is 23.8 Å². The van der Waals surface area contributed by atoms with E-state index >= 15 is 0 Å². The fourth-order valence-electron chi connectivity index (χ4n) is 1.64. The highest BCUT2D eigenvalue weighted by Gasteiger charge is 2.19. The summed E-state index contributed by atoms with van der Waals surface area (Å²) < 4.78 is 32.3. The SMILES string of the molecule is COc1cc(OC)cc(C(=O)C(N)CCS(C)(=O)=O)c1. The first-order valence-electron chi connectivity index (χ1n) is 5.97. The second kappa shape index (κ2) is 6.71. The van der Waals surface area contributed by atoms with E-state index in [2.05, 4.69) is 0 Å². The number of Topliss-reactive ketones (excluding diaryl/α,β-unsaturated/α-hetero) is 1. The number of sulfone groups is 1. The Balaban J connectivity index is 2.90. The Morgan fingerprint density at radius 1 is 1.20 bits per heavy atom. The normalized spacial score (nSPS) is 12.8. The summed E-state index contributed by atoms with van der Waals surface area (Å²) >= 11 is 0. The molecule has 0 aliphatic rings. The van der Waals surface area contributed by atoms with Crippen LogP contribution >= 0.6 is 0 Å². The third-order valence-corrected chi connectivity index (χ3v) is 3.75. The maximum absolute atomic E-state index is 12.2. The molecule has 112 valence electrons. The molecule has 1 unspecified atom stereocenters. The summed E-state index contributed by atoms with van der Waals surface area (Å²) in [5, 5.41) is 0. The van der Waals surface area contributed by atoms with Gasteiger partial charge in [-0.1, -0.05) is 0 Å². The van der Waals surface area contributed by atoms with Crippen molar-refractivity contribution in [1.82, 2.24) is 0 Å². The Morgan fingerprint density at radius 2 is 1.70 bits per heavy atom. The van der Waals surface area contributed by atoms with Gasteiger partial charge >= 0.3 is 0 Å². The molecular weight excluding hydrogens is 282 g/mol. The van der Waals surface area contributed by atoms with Crippen molar-refractivity contribution in [3.8, 4) is 11.5 Å². The largest absolute Gasteiger partial charge is 0.497 e. The smallest absolute Gasteiger partial charge is 0.179 e. The van der Waals surface area contributed by atoms with E-state index in [4.69, 9.17) is 15.2 Å². The van der Waals surface area contributed by atoms with Crippen LogP contribution in [0, 0.1) is 0 Å². The lowest BCUT2D eigenvalue weighted by Crippen LogP contribution is -2.32. The van der Waals surface area contributed by atoms with E-state index < -0.39 is 15.9 Å². The Bertz CT molecular complexity index is 560. The summed E-state index contributed by atoms with van der Waals surface area (Å²) in [5.74, 6) is 0.484. The van der Waals surface area contributed by atoms with E-state index in [1.54, 1.807) is 18.2 Å². The van der Waals surface area contributed by atoms with Crippen LogP contribution in [0.1, 0.15) is 16.8 Å². The van der Waals surface area contributed by atoms with E-state index in [0.717, 1.165) is 6.26 Å². The van der Waals surface area contributed by atoms with E-state index in [-0.39, 0.29) is 18.0 Å². The molecule has 0 saturated carbocycles. The average molecular weight is 301 g/mol. The number of rotatable bonds is 7. The number of carbonyl (C=O) groups is 1. The summed E-state index contributed by atoms with van der Waals surface area (Å²) in [6, 6.07) is 3.86. The van der Waals surface area contributed by atoms with Crippen LogP contribution in [0.2, 0.25) is 0 Å². The highest BCUT2D eigenvalue weighted by Crippen LogP contribution is 2.23. The zero-order valence-electron chi connectivity index (χ0n) is 11.8. The molecule has 1 aromatic carbocycles. The van der Waals surface area contributed by atoms with E-state index in [0.29, 0.717) is 17.1 Å².